The van der Waals surface area contributed by atoms with Gasteiger partial charge in [0, 0.05) is 57.2 Å². The lowest BCUT2D eigenvalue weighted by Crippen LogP contribution is -2.46. The molecule has 4 atom stereocenters. The van der Waals surface area contributed by atoms with E-state index < -0.39 is 12.2 Å². The van der Waals surface area contributed by atoms with E-state index in [-0.39, 0.29) is 36.9 Å². The van der Waals surface area contributed by atoms with Gasteiger partial charge in [-0.25, -0.2) is 4.39 Å². The van der Waals surface area contributed by atoms with Crippen LogP contribution < -0.4 is 16.0 Å². The molecule has 3 fully saturated rings. The van der Waals surface area contributed by atoms with Crippen molar-refractivity contribution in [2.75, 3.05) is 33.4 Å². The van der Waals surface area contributed by atoms with Gasteiger partial charge in [-0.05, 0) is 48.8 Å². The molecule has 186 valence electrons. The van der Waals surface area contributed by atoms with E-state index in [1.165, 1.54) is 12.8 Å². The van der Waals surface area contributed by atoms with Crippen molar-refractivity contribution in [2.45, 2.75) is 56.5 Å². The van der Waals surface area contributed by atoms with Gasteiger partial charge in [-0.15, -0.1) is 0 Å². The number of hydrogen-bond donors (Lipinski definition) is 3. The van der Waals surface area contributed by atoms with Crippen LogP contribution in [0.1, 0.15) is 36.8 Å². The number of methoxy groups -OCH3 is 1. The first kappa shape index (κ1) is 25.2. The van der Waals surface area contributed by atoms with Crippen LogP contribution in [0.5, 0.6) is 0 Å². The largest absolute Gasteiger partial charge is 0.383 e. The molecule has 35 heavy (non-hydrogen) atoms. The number of carbonyl (C=O) groups excluding carboxylic acids is 2. The second-order valence-corrected chi connectivity index (χ2v) is 9.45. The molecule has 0 spiro atoms. The highest BCUT2D eigenvalue weighted by Crippen LogP contribution is 2.27. The summed E-state index contributed by atoms with van der Waals surface area (Å²) >= 11 is 0. The van der Waals surface area contributed by atoms with Crippen LogP contribution in [0, 0.1) is 29.6 Å². The zero-order valence-electron chi connectivity index (χ0n) is 20.1. The normalized spacial score (nSPS) is 25.8. The van der Waals surface area contributed by atoms with Crippen LogP contribution >= 0.6 is 0 Å². The Hall–Kier alpha value is -2.91. The number of likely N-dealkylation sites (tertiary alicyclic amines) is 1. The molecule has 0 bridgehead atoms. The van der Waals surface area contributed by atoms with Gasteiger partial charge >= 0.3 is 0 Å². The first-order chi connectivity index (χ1) is 17.0. The minimum absolute atomic E-state index is 0.0834. The Morgan fingerprint density at radius 1 is 1.17 bits per heavy atom. The van der Waals surface area contributed by atoms with Gasteiger partial charge in [0.15, 0.2) is 0 Å². The lowest BCUT2D eigenvalue weighted by atomic mass is 10.1. The van der Waals surface area contributed by atoms with Crippen molar-refractivity contribution in [3.63, 3.8) is 0 Å². The van der Waals surface area contributed by atoms with Gasteiger partial charge in [-0.1, -0.05) is 24.0 Å². The number of ether oxygens (including phenoxy) is 1. The van der Waals surface area contributed by atoms with Gasteiger partial charge in [0.1, 0.15) is 6.17 Å². The molecule has 0 unspecified atom stereocenters. The van der Waals surface area contributed by atoms with E-state index in [0.717, 1.165) is 11.1 Å². The van der Waals surface area contributed by atoms with Gasteiger partial charge < -0.3 is 20.7 Å². The quantitative estimate of drug-likeness (QED) is 0.483. The Balaban J connectivity index is 1.28. The van der Waals surface area contributed by atoms with Crippen LogP contribution in [-0.2, 0) is 20.9 Å². The average molecular weight is 481 g/mol. The van der Waals surface area contributed by atoms with E-state index in [0.29, 0.717) is 38.6 Å². The Bertz CT molecular complexity index is 1020. The molecule has 0 aromatic heterocycles. The number of amides is 2. The summed E-state index contributed by atoms with van der Waals surface area (Å²) in [6.07, 6.45) is 2.08. The highest BCUT2D eigenvalue weighted by atomic mass is 19.1. The fraction of sp³-hybridized carbons (Fsp3) is 0.556. The summed E-state index contributed by atoms with van der Waals surface area (Å²) in [5, 5.41) is 8.92. The maximum Gasteiger partial charge on any atom is 0.237 e. The lowest BCUT2D eigenvalue weighted by molar-refractivity contribution is -0.126. The number of carbonyl (C=O) groups is 2. The van der Waals surface area contributed by atoms with Crippen molar-refractivity contribution in [2.24, 2.45) is 5.92 Å². The molecule has 1 saturated carbocycles. The fourth-order valence-corrected chi connectivity index (χ4v) is 4.41. The van der Waals surface area contributed by atoms with Crippen LogP contribution in [0.3, 0.4) is 0 Å². The Kier molecular flexibility index (Phi) is 8.76. The summed E-state index contributed by atoms with van der Waals surface area (Å²) < 4.78 is 18.6. The first-order valence-corrected chi connectivity index (χ1v) is 12.3. The minimum Gasteiger partial charge on any atom is -0.383 e. The Labute approximate surface area is 206 Å². The molecule has 2 heterocycles. The molecule has 2 aliphatic heterocycles. The number of nitrogens with zero attached hydrogens (tertiary/aromatic N) is 1. The summed E-state index contributed by atoms with van der Waals surface area (Å²) in [4.78, 5) is 27.5. The predicted octanol–water partition coefficient (Wildman–Crippen LogP) is 0.973. The zero-order valence-corrected chi connectivity index (χ0v) is 20.1. The van der Waals surface area contributed by atoms with Crippen molar-refractivity contribution < 1.29 is 18.7 Å². The number of halogens is 1. The van der Waals surface area contributed by atoms with Crippen LogP contribution in [-0.4, -0.2) is 74.4 Å². The third kappa shape index (κ3) is 7.53. The van der Waals surface area contributed by atoms with Gasteiger partial charge in [-0.3, -0.25) is 14.5 Å². The molecule has 7 nitrogen and oxygen atoms in total. The molecule has 3 N–H and O–H groups in total. The molecule has 1 aromatic carbocycles. The van der Waals surface area contributed by atoms with E-state index in [1.54, 1.807) is 7.11 Å². The van der Waals surface area contributed by atoms with Crippen molar-refractivity contribution in [1.29, 1.82) is 0 Å². The first-order valence-electron chi connectivity index (χ1n) is 12.3. The van der Waals surface area contributed by atoms with E-state index in [1.807, 2.05) is 29.2 Å². The molecule has 3 aliphatic rings. The van der Waals surface area contributed by atoms with E-state index in [4.69, 9.17) is 4.74 Å². The third-order valence-corrected chi connectivity index (χ3v) is 6.57. The molecule has 4 rings (SSSR count). The topological polar surface area (TPSA) is 82.7 Å². The minimum atomic E-state index is -0.992. The molecule has 2 saturated heterocycles. The highest BCUT2D eigenvalue weighted by molar-refractivity contribution is 5.84. The van der Waals surface area contributed by atoms with Gasteiger partial charge in [0.2, 0.25) is 11.8 Å². The summed E-state index contributed by atoms with van der Waals surface area (Å²) in [5.41, 5.74) is 1.87. The fourth-order valence-electron chi connectivity index (χ4n) is 4.41. The van der Waals surface area contributed by atoms with E-state index in [9.17, 15) is 14.0 Å². The smallest absolute Gasteiger partial charge is 0.237 e. The second kappa shape index (κ2) is 12.2. The number of rotatable bonds is 8. The summed E-state index contributed by atoms with van der Waals surface area (Å²) in [5.74, 6) is 12.2. The number of hydrogen-bond acceptors (Lipinski definition) is 5. The van der Waals surface area contributed by atoms with Gasteiger partial charge in [-0.2, -0.15) is 0 Å². The van der Waals surface area contributed by atoms with Gasteiger partial charge in [0.05, 0.1) is 18.7 Å². The molecule has 2 amide bonds. The maximum absolute atomic E-state index is 13.4. The van der Waals surface area contributed by atoms with Crippen molar-refractivity contribution in [1.82, 2.24) is 20.9 Å². The second-order valence-electron chi connectivity index (χ2n) is 9.45. The van der Waals surface area contributed by atoms with Crippen LogP contribution in [0.15, 0.2) is 24.3 Å². The van der Waals surface area contributed by atoms with Crippen LogP contribution in [0.25, 0.3) is 0 Å². The molecule has 8 heteroatoms. The van der Waals surface area contributed by atoms with Crippen LogP contribution in [0.4, 0.5) is 4.39 Å². The maximum atomic E-state index is 13.4. The van der Waals surface area contributed by atoms with Gasteiger partial charge in [0.25, 0.3) is 0 Å². The zero-order chi connectivity index (χ0) is 24.6. The molecular weight excluding hydrogens is 447 g/mol. The van der Waals surface area contributed by atoms with E-state index >= 15 is 0 Å². The SMILES string of the molecule is COCCN1C[C@H](NC(=O)[C@@H]2C[C@H](F)CN2)C[C@@H]1C(=O)NCc1ccc(C#CC#CC2CC2)cc1. The van der Waals surface area contributed by atoms with Crippen LogP contribution in [0.2, 0.25) is 0 Å². The molecule has 0 radical (unpaired) electrons. The van der Waals surface area contributed by atoms with Crippen molar-refractivity contribution in [3.05, 3.63) is 35.4 Å². The standard InChI is InChI=1S/C27H33FN4O3/c1-35-13-12-32-18-23(31-26(33)24-14-22(28)17-29-24)15-25(32)27(34)30-16-21-10-8-20(9-11-21)5-3-2-4-19-6-7-19/h8-11,19,22-25,29H,6-7,12-18H2,1H3,(H,30,34)(H,31,33)/t22-,23+,24-,25+/m0/s1. The van der Waals surface area contributed by atoms with E-state index in [2.05, 4.69) is 39.6 Å². The summed E-state index contributed by atoms with van der Waals surface area (Å²) in [7, 11) is 1.62. The number of nitrogens with one attached hydrogen (secondary N) is 3. The summed E-state index contributed by atoms with van der Waals surface area (Å²) in [6.45, 7) is 2.24. The Morgan fingerprint density at radius 3 is 2.66 bits per heavy atom. The number of alkyl halides is 1. The molecule has 1 aromatic rings. The van der Waals surface area contributed by atoms with Crippen molar-refractivity contribution in [3.8, 4) is 23.7 Å². The highest BCUT2D eigenvalue weighted by Gasteiger charge is 2.38. The lowest BCUT2D eigenvalue weighted by Gasteiger charge is -2.23. The predicted molar refractivity (Wildman–Crippen MR) is 131 cm³/mol. The number of benzene rings is 1. The Morgan fingerprint density at radius 2 is 1.97 bits per heavy atom. The monoisotopic (exact) mass is 480 g/mol. The average Bonchev–Trinajstić information content (AvgIpc) is 3.44. The van der Waals surface area contributed by atoms with Crippen molar-refractivity contribution >= 4 is 11.8 Å². The summed E-state index contributed by atoms with van der Waals surface area (Å²) in [6, 6.07) is 6.71. The molecular formula is C27H33FN4O3. The molecule has 1 aliphatic carbocycles. The third-order valence-electron chi connectivity index (χ3n) is 6.57.